The van der Waals surface area contributed by atoms with Crippen molar-refractivity contribution in [3.05, 3.63) is 0 Å². The van der Waals surface area contributed by atoms with Crippen molar-refractivity contribution in [1.82, 2.24) is 10.2 Å². The highest BCUT2D eigenvalue weighted by molar-refractivity contribution is 4.97. The fourth-order valence-corrected chi connectivity index (χ4v) is 2.69. The van der Waals surface area contributed by atoms with Crippen molar-refractivity contribution in [2.75, 3.05) is 19.6 Å². The van der Waals surface area contributed by atoms with Crippen LogP contribution in [-0.2, 0) is 0 Å². The van der Waals surface area contributed by atoms with Crippen LogP contribution in [0, 0.1) is 5.92 Å². The van der Waals surface area contributed by atoms with E-state index >= 15 is 0 Å². The minimum Gasteiger partial charge on any atom is -0.317 e. The summed E-state index contributed by atoms with van der Waals surface area (Å²) in [5.41, 5.74) is 0. The third-order valence-electron chi connectivity index (χ3n) is 3.84. The molecule has 0 aromatic heterocycles. The first kappa shape index (κ1) is 13.1. The zero-order chi connectivity index (χ0) is 12.5. The molecule has 100 valence electrons. The first-order chi connectivity index (χ1) is 8.01. The molecular weight excluding hydrogens is 229 g/mol. The third kappa shape index (κ3) is 3.58. The van der Waals surface area contributed by atoms with Gasteiger partial charge in [-0.2, -0.15) is 13.2 Å². The first-order valence-corrected chi connectivity index (χ1v) is 6.54. The number of rotatable bonds is 6. The lowest BCUT2D eigenvalue weighted by atomic mass is 9.78. The molecule has 2 nitrogen and oxygen atoms in total. The maximum absolute atomic E-state index is 12.5. The second-order valence-electron chi connectivity index (χ2n) is 5.23. The Morgan fingerprint density at radius 1 is 1.18 bits per heavy atom. The average Bonchev–Trinajstić information content (AvgIpc) is 2.96. The number of nitrogens with one attached hydrogen (secondary N) is 1. The van der Waals surface area contributed by atoms with Crippen molar-refractivity contribution in [1.29, 1.82) is 0 Å². The maximum atomic E-state index is 12.5. The van der Waals surface area contributed by atoms with Gasteiger partial charge in [0.05, 0.1) is 6.54 Å². The quantitative estimate of drug-likeness (QED) is 0.778. The molecule has 0 amide bonds. The molecule has 0 heterocycles. The van der Waals surface area contributed by atoms with E-state index in [2.05, 4.69) is 5.32 Å². The lowest BCUT2D eigenvalue weighted by molar-refractivity contribution is -0.160. The van der Waals surface area contributed by atoms with E-state index in [1.165, 1.54) is 0 Å². The molecular formula is C12H21F3N2. The molecule has 17 heavy (non-hydrogen) atoms. The summed E-state index contributed by atoms with van der Waals surface area (Å²) in [6, 6.07) is 0.356. The lowest BCUT2D eigenvalue weighted by Crippen LogP contribution is -2.53. The molecule has 2 aliphatic carbocycles. The van der Waals surface area contributed by atoms with Crippen LogP contribution in [-0.4, -0.2) is 42.8 Å². The molecule has 2 saturated carbocycles. The Morgan fingerprint density at radius 2 is 1.88 bits per heavy atom. The molecule has 0 aromatic carbocycles. The molecule has 0 saturated heterocycles. The van der Waals surface area contributed by atoms with Crippen LogP contribution in [0.3, 0.4) is 0 Å². The van der Waals surface area contributed by atoms with Crippen molar-refractivity contribution in [3.63, 3.8) is 0 Å². The first-order valence-electron chi connectivity index (χ1n) is 6.54. The van der Waals surface area contributed by atoms with E-state index < -0.39 is 12.7 Å². The molecule has 0 aromatic rings. The zero-order valence-corrected chi connectivity index (χ0v) is 10.3. The summed E-state index contributed by atoms with van der Waals surface area (Å²) in [7, 11) is 0. The smallest absolute Gasteiger partial charge is 0.317 e. The summed E-state index contributed by atoms with van der Waals surface area (Å²) < 4.78 is 37.6. The average molecular weight is 250 g/mol. The molecule has 2 atom stereocenters. The lowest BCUT2D eigenvalue weighted by Gasteiger charge is -2.45. The Morgan fingerprint density at radius 3 is 2.29 bits per heavy atom. The molecule has 1 N–H and O–H groups in total. The van der Waals surface area contributed by atoms with E-state index in [0.717, 1.165) is 38.8 Å². The third-order valence-corrected chi connectivity index (χ3v) is 3.84. The van der Waals surface area contributed by atoms with Crippen LogP contribution < -0.4 is 5.32 Å². The molecule has 0 spiro atoms. The van der Waals surface area contributed by atoms with Crippen molar-refractivity contribution in [3.8, 4) is 0 Å². The number of nitrogens with zero attached hydrogens (tertiary/aromatic N) is 1. The van der Waals surface area contributed by atoms with Gasteiger partial charge in [-0.3, -0.25) is 4.90 Å². The van der Waals surface area contributed by atoms with Crippen LogP contribution in [0.4, 0.5) is 13.2 Å². The molecule has 2 unspecified atom stereocenters. The van der Waals surface area contributed by atoms with Gasteiger partial charge in [0.1, 0.15) is 0 Å². The number of hydrogen-bond acceptors (Lipinski definition) is 2. The highest BCUT2D eigenvalue weighted by Crippen LogP contribution is 2.40. The van der Waals surface area contributed by atoms with Crippen molar-refractivity contribution in [2.24, 2.45) is 5.92 Å². The maximum Gasteiger partial charge on any atom is 0.401 e. The monoisotopic (exact) mass is 250 g/mol. The van der Waals surface area contributed by atoms with Crippen LogP contribution in [0.2, 0.25) is 0 Å². The molecule has 2 fully saturated rings. The molecule has 0 aliphatic heterocycles. The van der Waals surface area contributed by atoms with Crippen LogP contribution in [0.15, 0.2) is 0 Å². The van der Waals surface area contributed by atoms with Gasteiger partial charge in [-0.15, -0.1) is 0 Å². The predicted molar refractivity (Wildman–Crippen MR) is 60.8 cm³/mol. The Bertz CT molecular complexity index is 251. The van der Waals surface area contributed by atoms with E-state index in [-0.39, 0.29) is 12.1 Å². The van der Waals surface area contributed by atoms with Gasteiger partial charge in [-0.1, -0.05) is 6.92 Å². The number of alkyl halides is 3. The fourth-order valence-electron chi connectivity index (χ4n) is 2.69. The van der Waals surface area contributed by atoms with Gasteiger partial charge >= 0.3 is 6.18 Å². The predicted octanol–water partition coefficient (Wildman–Crippen LogP) is 2.40. The Kier molecular flexibility index (Phi) is 3.98. The normalized spacial score (nSPS) is 29.5. The Labute approximate surface area is 101 Å². The molecule has 0 radical (unpaired) electrons. The largest absolute Gasteiger partial charge is 0.401 e. The summed E-state index contributed by atoms with van der Waals surface area (Å²) >= 11 is 0. The number of hydrogen-bond donors (Lipinski definition) is 1. The highest BCUT2D eigenvalue weighted by Gasteiger charge is 2.46. The topological polar surface area (TPSA) is 15.3 Å². The van der Waals surface area contributed by atoms with Crippen LogP contribution in [0.1, 0.15) is 32.6 Å². The van der Waals surface area contributed by atoms with Crippen molar-refractivity contribution in [2.45, 2.75) is 50.9 Å². The SMILES string of the molecule is CCNCC1CCC1N(CC(F)(F)F)C1CC1. The van der Waals surface area contributed by atoms with Crippen LogP contribution >= 0.6 is 0 Å². The summed E-state index contributed by atoms with van der Waals surface area (Å²) in [6.45, 7) is 3.07. The summed E-state index contributed by atoms with van der Waals surface area (Å²) in [6.07, 6.45) is -0.163. The van der Waals surface area contributed by atoms with E-state index in [0.29, 0.717) is 5.92 Å². The van der Waals surface area contributed by atoms with Gasteiger partial charge in [-0.05, 0) is 44.7 Å². The molecule has 2 rings (SSSR count). The zero-order valence-electron chi connectivity index (χ0n) is 10.3. The minimum absolute atomic E-state index is 0.156. The Balaban J connectivity index is 1.87. The van der Waals surface area contributed by atoms with Gasteiger partial charge in [0.25, 0.3) is 0 Å². The van der Waals surface area contributed by atoms with Gasteiger partial charge in [-0.25, -0.2) is 0 Å². The van der Waals surface area contributed by atoms with Gasteiger partial charge in [0, 0.05) is 12.1 Å². The second kappa shape index (κ2) is 5.14. The Hall–Kier alpha value is -0.290. The minimum atomic E-state index is -4.05. The molecule has 0 bridgehead atoms. The molecule has 2 aliphatic rings. The van der Waals surface area contributed by atoms with Crippen molar-refractivity contribution < 1.29 is 13.2 Å². The van der Waals surface area contributed by atoms with Crippen LogP contribution in [0.5, 0.6) is 0 Å². The fraction of sp³-hybridized carbons (Fsp3) is 1.00. The van der Waals surface area contributed by atoms with Gasteiger partial charge < -0.3 is 5.32 Å². The van der Waals surface area contributed by atoms with Crippen molar-refractivity contribution >= 4 is 0 Å². The van der Waals surface area contributed by atoms with Crippen LogP contribution in [0.25, 0.3) is 0 Å². The van der Waals surface area contributed by atoms with E-state index in [1.54, 1.807) is 4.90 Å². The van der Waals surface area contributed by atoms with E-state index in [9.17, 15) is 13.2 Å². The van der Waals surface area contributed by atoms with E-state index in [4.69, 9.17) is 0 Å². The summed E-state index contributed by atoms with van der Waals surface area (Å²) in [4.78, 5) is 1.71. The van der Waals surface area contributed by atoms with E-state index in [1.807, 2.05) is 6.92 Å². The molecule has 5 heteroatoms. The number of halogens is 3. The van der Waals surface area contributed by atoms with Gasteiger partial charge in [0.2, 0.25) is 0 Å². The standard InChI is InChI=1S/C12H21F3N2/c1-2-16-7-9-3-6-11(9)17(10-4-5-10)8-12(13,14)15/h9-11,16H,2-8H2,1H3. The van der Waals surface area contributed by atoms with Gasteiger partial charge in [0.15, 0.2) is 0 Å². The highest BCUT2D eigenvalue weighted by atomic mass is 19.4. The summed E-state index contributed by atoms with van der Waals surface area (Å²) in [5, 5.41) is 3.25. The second-order valence-corrected chi connectivity index (χ2v) is 5.23. The summed E-state index contributed by atoms with van der Waals surface area (Å²) in [5.74, 6) is 0.415.